The van der Waals surface area contributed by atoms with Crippen LogP contribution in [0.3, 0.4) is 0 Å². The number of aliphatic hydroxyl groups is 1. The largest absolute Gasteiger partial charge is 0.387 e. The second-order valence-corrected chi connectivity index (χ2v) is 4.83. The molecule has 22 heavy (non-hydrogen) atoms. The number of aliphatic hydroxyl groups excluding tert-OH is 1. The summed E-state index contributed by atoms with van der Waals surface area (Å²) in [5.74, 6) is -0.398. The normalized spacial score (nSPS) is 12.2. The van der Waals surface area contributed by atoms with Gasteiger partial charge in [-0.2, -0.15) is 5.26 Å². The quantitative estimate of drug-likeness (QED) is 0.806. The van der Waals surface area contributed by atoms with Gasteiger partial charge < -0.3 is 10.4 Å². The smallest absolute Gasteiger partial charge is 0.129 e. The fourth-order valence-corrected chi connectivity index (χ4v) is 2.02. The minimum absolute atomic E-state index is 0.276. The minimum atomic E-state index is -0.871. The van der Waals surface area contributed by atoms with Gasteiger partial charge in [0.1, 0.15) is 5.82 Å². The number of nitrogens with zero attached hydrogens (tertiary/aromatic N) is 1. The summed E-state index contributed by atoms with van der Waals surface area (Å²) in [6.07, 6.45) is 2.96. The van der Waals surface area contributed by atoms with Crippen LogP contribution >= 0.6 is 0 Å². The molecular formula is C18H17FN2O. The van der Waals surface area contributed by atoms with Gasteiger partial charge in [0.05, 0.1) is 17.7 Å². The van der Waals surface area contributed by atoms with Gasteiger partial charge in [0, 0.05) is 18.7 Å². The molecular weight excluding hydrogens is 279 g/mol. The molecule has 2 aromatic carbocycles. The second kappa shape index (κ2) is 8.08. The van der Waals surface area contributed by atoms with E-state index in [1.807, 2.05) is 24.3 Å². The highest BCUT2D eigenvalue weighted by Gasteiger charge is 2.10. The van der Waals surface area contributed by atoms with Crippen molar-refractivity contribution in [2.75, 3.05) is 13.1 Å². The van der Waals surface area contributed by atoms with E-state index in [0.717, 1.165) is 5.56 Å². The van der Waals surface area contributed by atoms with Gasteiger partial charge in [-0.15, -0.1) is 0 Å². The van der Waals surface area contributed by atoms with Gasteiger partial charge in [-0.05, 0) is 23.8 Å². The number of nitrogens with one attached hydrogen (secondary N) is 1. The molecule has 0 aliphatic rings. The van der Waals surface area contributed by atoms with Crippen LogP contribution in [0.1, 0.15) is 22.8 Å². The summed E-state index contributed by atoms with van der Waals surface area (Å²) < 4.78 is 13.5. The zero-order chi connectivity index (χ0) is 15.8. The lowest BCUT2D eigenvalue weighted by Crippen LogP contribution is -2.22. The average molecular weight is 296 g/mol. The summed E-state index contributed by atoms with van der Waals surface area (Å²) >= 11 is 0. The van der Waals surface area contributed by atoms with E-state index in [9.17, 15) is 9.50 Å². The molecule has 0 heterocycles. The van der Waals surface area contributed by atoms with Gasteiger partial charge in [-0.1, -0.05) is 42.5 Å². The molecule has 1 unspecified atom stereocenters. The maximum Gasteiger partial charge on any atom is 0.129 e. The van der Waals surface area contributed by atoms with E-state index in [4.69, 9.17) is 5.26 Å². The number of nitriles is 1. The Labute approximate surface area is 129 Å². The fourth-order valence-electron chi connectivity index (χ4n) is 2.02. The number of rotatable bonds is 6. The van der Waals surface area contributed by atoms with E-state index in [0.29, 0.717) is 17.7 Å². The van der Waals surface area contributed by atoms with E-state index >= 15 is 0 Å². The molecule has 0 aromatic heterocycles. The lowest BCUT2D eigenvalue weighted by Gasteiger charge is -2.11. The molecule has 0 saturated heterocycles. The molecule has 0 aliphatic heterocycles. The van der Waals surface area contributed by atoms with Crippen molar-refractivity contribution < 1.29 is 9.50 Å². The number of hydrogen-bond acceptors (Lipinski definition) is 3. The van der Waals surface area contributed by atoms with Gasteiger partial charge in [-0.25, -0.2) is 4.39 Å². The minimum Gasteiger partial charge on any atom is -0.387 e. The highest BCUT2D eigenvalue weighted by Crippen LogP contribution is 2.15. The highest BCUT2D eigenvalue weighted by molar-refractivity contribution is 5.51. The van der Waals surface area contributed by atoms with Crippen LogP contribution in [-0.4, -0.2) is 18.2 Å². The van der Waals surface area contributed by atoms with Crippen molar-refractivity contribution in [3.8, 4) is 6.07 Å². The standard InChI is InChI=1S/C18H17FN2O/c19-17-6-2-1-5-16(17)18(22)13-21-11-3-4-14-7-9-15(12-20)10-8-14/h1-10,18,21-22H,11,13H2/b4-3+. The Balaban J connectivity index is 1.78. The third kappa shape index (κ3) is 4.52. The Kier molecular flexibility index (Phi) is 5.84. The van der Waals surface area contributed by atoms with Crippen LogP contribution < -0.4 is 5.32 Å². The Morgan fingerprint density at radius 2 is 1.91 bits per heavy atom. The number of hydrogen-bond donors (Lipinski definition) is 2. The van der Waals surface area contributed by atoms with Crippen molar-refractivity contribution in [3.05, 3.63) is 77.1 Å². The van der Waals surface area contributed by atoms with E-state index in [-0.39, 0.29) is 6.54 Å². The molecule has 0 spiro atoms. The molecule has 0 radical (unpaired) electrons. The van der Waals surface area contributed by atoms with E-state index < -0.39 is 11.9 Å². The van der Waals surface area contributed by atoms with Gasteiger partial charge in [-0.3, -0.25) is 0 Å². The van der Waals surface area contributed by atoms with Gasteiger partial charge in [0.2, 0.25) is 0 Å². The molecule has 112 valence electrons. The first kappa shape index (κ1) is 15.9. The monoisotopic (exact) mass is 296 g/mol. The van der Waals surface area contributed by atoms with Crippen LogP contribution in [0.5, 0.6) is 0 Å². The SMILES string of the molecule is N#Cc1ccc(/C=C/CNCC(O)c2ccccc2F)cc1. The first-order valence-electron chi connectivity index (χ1n) is 7.00. The first-order valence-corrected chi connectivity index (χ1v) is 7.00. The predicted molar refractivity (Wildman–Crippen MR) is 84.4 cm³/mol. The highest BCUT2D eigenvalue weighted by atomic mass is 19.1. The molecule has 3 nitrogen and oxygen atoms in total. The van der Waals surface area contributed by atoms with Crippen LogP contribution in [0.2, 0.25) is 0 Å². The Morgan fingerprint density at radius 3 is 2.59 bits per heavy atom. The van der Waals surface area contributed by atoms with Gasteiger partial charge in [0.15, 0.2) is 0 Å². The summed E-state index contributed by atoms with van der Waals surface area (Å²) in [6, 6.07) is 15.5. The van der Waals surface area contributed by atoms with Gasteiger partial charge >= 0.3 is 0 Å². The maximum atomic E-state index is 13.5. The van der Waals surface area contributed by atoms with Gasteiger partial charge in [0.25, 0.3) is 0 Å². The van der Waals surface area contributed by atoms with Crippen LogP contribution in [0.4, 0.5) is 4.39 Å². The number of halogens is 1. The summed E-state index contributed by atoms with van der Waals surface area (Å²) in [6.45, 7) is 0.837. The van der Waals surface area contributed by atoms with Crippen LogP contribution in [-0.2, 0) is 0 Å². The Morgan fingerprint density at radius 1 is 1.18 bits per heavy atom. The zero-order valence-corrected chi connectivity index (χ0v) is 12.0. The van der Waals surface area contributed by atoms with Crippen molar-refractivity contribution in [2.24, 2.45) is 0 Å². The molecule has 2 N–H and O–H groups in total. The molecule has 0 fully saturated rings. The zero-order valence-electron chi connectivity index (χ0n) is 12.0. The topological polar surface area (TPSA) is 56.0 Å². The van der Waals surface area contributed by atoms with Crippen LogP contribution in [0, 0.1) is 17.1 Å². The lowest BCUT2D eigenvalue weighted by atomic mass is 10.1. The van der Waals surface area contributed by atoms with Crippen molar-refractivity contribution in [1.29, 1.82) is 5.26 Å². The van der Waals surface area contributed by atoms with Crippen molar-refractivity contribution in [1.82, 2.24) is 5.32 Å². The van der Waals surface area contributed by atoms with Crippen molar-refractivity contribution in [3.63, 3.8) is 0 Å². The number of benzene rings is 2. The molecule has 2 rings (SSSR count). The molecule has 0 amide bonds. The van der Waals surface area contributed by atoms with Crippen molar-refractivity contribution in [2.45, 2.75) is 6.10 Å². The Bertz CT molecular complexity index is 674. The average Bonchev–Trinajstić information content (AvgIpc) is 2.55. The fraction of sp³-hybridized carbons (Fsp3) is 0.167. The summed E-state index contributed by atoms with van der Waals surface area (Å²) in [7, 11) is 0. The second-order valence-electron chi connectivity index (χ2n) is 4.83. The van der Waals surface area contributed by atoms with E-state index in [1.54, 1.807) is 30.3 Å². The summed E-state index contributed by atoms with van der Waals surface area (Å²) in [5, 5.41) is 21.7. The summed E-state index contributed by atoms with van der Waals surface area (Å²) in [5.41, 5.74) is 1.92. The van der Waals surface area contributed by atoms with Crippen molar-refractivity contribution >= 4 is 6.08 Å². The summed E-state index contributed by atoms with van der Waals surface area (Å²) in [4.78, 5) is 0. The molecule has 0 bridgehead atoms. The third-order valence-electron chi connectivity index (χ3n) is 3.21. The predicted octanol–water partition coefficient (Wildman–Crippen LogP) is 3.03. The first-order chi connectivity index (χ1) is 10.7. The molecule has 2 aromatic rings. The molecule has 4 heteroatoms. The molecule has 0 aliphatic carbocycles. The molecule has 1 atom stereocenters. The maximum absolute atomic E-state index is 13.5. The van der Waals surface area contributed by atoms with E-state index in [2.05, 4.69) is 11.4 Å². The Hall–Kier alpha value is -2.48. The third-order valence-corrected chi connectivity index (χ3v) is 3.21. The van der Waals surface area contributed by atoms with E-state index in [1.165, 1.54) is 6.07 Å². The lowest BCUT2D eigenvalue weighted by molar-refractivity contribution is 0.171. The van der Waals surface area contributed by atoms with Crippen LogP contribution in [0.15, 0.2) is 54.6 Å². The molecule has 0 saturated carbocycles. The van der Waals surface area contributed by atoms with Crippen LogP contribution in [0.25, 0.3) is 6.08 Å².